The Hall–Kier alpha value is -4.98. The van der Waals surface area contributed by atoms with E-state index in [0.29, 0.717) is 17.4 Å². The predicted molar refractivity (Wildman–Crippen MR) is 146 cm³/mol. The fourth-order valence-electron chi connectivity index (χ4n) is 4.41. The zero-order valence-corrected chi connectivity index (χ0v) is 20.8. The smallest absolute Gasteiger partial charge is 0.247 e. The van der Waals surface area contributed by atoms with E-state index >= 15 is 0 Å². The molecule has 184 valence electrons. The Morgan fingerprint density at radius 1 is 1.05 bits per heavy atom. The fraction of sp³-hybridized carbons (Fsp3) is 0.103. The highest BCUT2D eigenvalue weighted by atomic mass is 16.5. The van der Waals surface area contributed by atoms with E-state index in [1.54, 1.807) is 0 Å². The molecule has 8 nitrogen and oxygen atoms in total. The number of rotatable bonds is 6. The van der Waals surface area contributed by atoms with Gasteiger partial charge in [-0.25, -0.2) is 15.0 Å². The van der Waals surface area contributed by atoms with Gasteiger partial charge in [0.15, 0.2) is 0 Å². The van der Waals surface area contributed by atoms with Gasteiger partial charge in [-0.3, -0.25) is 4.79 Å². The van der Waals surface area contributed by atoms with Gasteiger partial charge in [-0.05, 0) is 66.9 Å². The number of amides is 1. The molecule has 0 saturated carbocycles. The van der Waals surface area contributed by atoms with Crippen LogP contribution in [0.2, 0.25) is 0 Å². The molecule has 0 aliphatic heterocycles. The number of aryl methyl sites for hydroxylation is 3. The first-order valence-electron chi connectivity index (χ1n) is 11.7. The van der Waals surface area contributed by atoms with Crippen LogP contribution in [0.5, 0.6) is 11.6 Å². The molecule has 2 aromatic carbocycles. The first kappa shape index (κ1) is 23.7. The molecule has 3 N–H and O–H groups in total. The van der Waals surface area contributed by atoms with E-state index in [9.17, 15) is 4.79 Å². The summed E-state index contributed by atoms with van der Waals surface area (Å²) in [5.41, 5.74) is 13.4. The lowest BCUT2D eigenvalue weighted by Crippen LogP contribution is -2.08. The van der Waals surface area contributed by atoms with Crippen molar-refractivity contribution in [1.82, 2.24) is 19.5 Å². The van der Waals surface area contributed by atoms with E-state index in [2.05, 4.69) is 26.8 Å². The minimum atomic E-state index is -0.257. The van der Waals surface area contributed by atoms with Crippen LogP contribution in [0.3, 0.4) is 0 Å². The van der Waals surface area contributed by atoms with Crippen molar-refractivity contribution >= 4 is 28.4 Å². The van der Waals surface area contributed by atoms with Crippen LogP contribution >= 0.6 is 0 Å². The Balaban J connectivity index is 1.62. The van der Waals surface area contributed by atoms with Gasteiger partial charge in [-0.1, -0.05) is 30.8 Å². The van der Waals surface area contributed by atoms with Gasteiger partial charge in [0.1, 0.15) is 23.5 Å². The summed E-state index contributed by atoms with van der Waals surface area (Å²) in [7, 11) is 1.96. The second-order valence-corrected chi connectivity index (χ2v) is 8.71. The number of anilines is 2. The number of fused-ring (bicyclic) bond motifs is 1. The Morgan fingerprint density at radius 2 is 1.81 bits per heavy atom. The number of pyridine rings is 1. The standard InChI is InChI=1S/C29H26N6O2/c1-5-23(36)34-22-14-11-20(15-17(22)2)27-25(26-28(30)31-16-32-29(26)35(27)4)19-9-12-21(13-10-19)37-24-8-6-7-18(3)33-24/h5-16H,1H2,2-4H3,(H,34,36)(H2,30,31,32). The van der Waals surface area contributed by atoms with E-state index < -0.39 is 0 Å². The van der Waals surface area contributed by atoms with Gasteiger partial charge in [0, 0.05) is 30.1 Å². The summed E-state index contributed by atoms with van der Waals surface area (Å²) in [4.78, 5) is 25.0. The number of nitrogens with two attached hydrogens (primary N) is 1. The Morgan fingerprint density at radius 3 is 2.51 bits per heavy atom. The molecule has 0 fully saturated rings. The molecule has 0 atom stereocenters. The van der Waals surface area contributed by atoms with Crippen molar-refractivity contribution < 1.29 is 9.53 Å². The summed E-state index contributed by atoms with van der Waals surface area (Å²) in [5.74, 6) is 1.35. The minimum absolute atomic E-state index is 0.257. The van der Waals surface area contributed by atoms with Gasteiger partial charge in [-0.15, -0.1) is 0 Å². The average Bonchev–Trinajstić information content (AvgIpc) is 3.19. The van der Waals surface area contributed by atoms with Crippen molar-refractivity contribution in [3.05, 3.63) is 90.9 Å². The van der Waals surface area contributed by atoms with Gasteiger partial charge in [0.05, 0.1) is 11.1 Å². The van der Waals surface area contributed by atoms with Crippen molar-refractivity contribution in [3.8, 4) is 34.0 Å². The third-order valence-corrected chi connectivity index (χ3v) is 6.17. The molecule has 5 aromatic rings. The Labute approximate surface area is 214 Å². The normalized spacial score (nSPS) is 10.9. The molecular formula is C29H26N6O2. The largest absolute Gasteiger partial charge is 0.439 e. The topological polar surface area (TPSA) is 108 Å². The van der Waals surface area contributed by atoms with Gasteiger partial charge in [-0.2, -0.15) is 0 Å². The van der Waals surface area contributed by atoms with Crippen molar-refractivity contribution in [3.63, 3.8) is 0 Å². The molecule has 0 aliphatic carbocycles. The maximum Gasteiger partial charge on any atom is 0.247 e. The van der Waals surface area contributed by atoms with Crippen molar-refractivity contribution in [1.29, 1.82) is 0 Å². The number of aromatic nitrogens is 4. The number of nitrogen functional groups attached to an aromatic ring is 1. The maximum atomic E-state index is 11.8. The highest BCUT2D eigenvalue weighted by Gasteiger charge is 2.22. The second kappa shape index (κ2) is 9.58. The summed E-state index contributed by atoms with van der Waals surface area (Å²) >= 11 is 0. The molecular weight excluding hydrogens is 464 g/mol. The first-order chi connectivity index (χ1) is 17.9. The zero-order valence-electron chi connectivity index (χ0n) is 20.8. The molecule has 3 aromatic heterocycles. The molecule has 8 heteroatoms. The molecule has 0 spiro atoms. The summed E-state index contributed by atoms with van der Waals surface area (Å²) in [6.07, 6.45) is 2.72. The number of hydrogen-bond acceptors (Lipinski definition) is 6. The number of nitrogens with zero attached hydrogens (tertiary/aromatic N) is 4. The van der Waals surface area contributed by atoms with Crippen molar-refractivity contribution in [2.75, 3.05) is 11.1 Å². The van der Waals surface area contributed by atoms with Crippen LogP contribution in [0.4, 0.5) is 11.5 Å². The minimum Gasteiger partial charge on any atom is -0.439 e. The molecule has 0 aliphatic rings. The monoisotopic (exact) mass is 490 g/mol. The van der Waals surface area contributed by atoms with E-state index in [1.165, 1.54) is 12.4 Å². The fourth-order valence-corrected chi connectivity index (χ4v) is 4.41. The maximum absolute atomic E-state index is 11.8. The lowest BCUT2D eigenvalue weighted by atomic mass is 9.97. The summed E-state index contributed by atoms with van der Waals surface area (Å²) in [6.45, 7) is 7.39. The zero-order chi connectivity index (χ0) is 26.1. The molecule has 1 amide bonds. The van der Waals surface area contributed by atoms with Crippen LogP contribution in [0, 0.1) is 13.8 Å². The van der Waals surface area contributed by atoms with Crippen molar-refractivity contribution in [2.24, 2.45) is 7.05 Å². The number of nitrogens with one attached hydrogen (secondary N) is 1. The molecule has 37 heavy (non-hydrogen) atoms. The molecule has 0 unspecified atom stereocenters. The lowest BCUT2D eigenvalue weighted by Gasteiger charge is -2.13. The number of carbonyl (C=O) groups excluding carboxylic acids is 1. The van der Waals surface area contributed by atoms with E-state index in [1.807, 2.05) is 86.1 Å². The number of hydrogen-bond donors (Lipinski definition) is 2. The van der Waals surface area contributed by atoms with Gasteiger partial charge >= 0.3 is 0 Å². The van der Waals surface area contributed by atoms with Crippen molar-refractivity contribution in [2.45, 2.75) is 13.8 Å². The summed E-state index contributed by atoms with van der Waals surface area (Å²) in [5, 5.41) is 3.61. The average molecular weight is 491 g/mol. The quantitative estimate of drug-likeness (QED) is 0.291. The highest BCUT2D eigenvalue weighted by molar-refractivity contribution is 6.08. The number of ether oxygens (including phenoxy) is 1. The highest BCUT2D eigenvalue weighted by Crippen LogP contribution is 2.42. The number of benzene rings is 2. The van der Waals surface area contributed by atoms with Gasteiger partial charge in [0.2, 0.25) is 11.8 Å². The van der Waals surface area contributed by atoms with E-state index in [-0.39, 0.29) is 5.91 Å². The SMILES string of the molecule is C=CC(=O)Nc1ccc(-c2c(-c3ccc(Oc4cccc(C)n4)cc3)c3c(N)ncnc3n2C)cc1C. The first-order valence-corrected chi connectivity index (χ1v) is 11.7. The molecule has 5 rings (SSSR count). The molecule has 3 heterocycles. The van der Waals surface area contributed by atoms with Crippen LogP contribution < -0.4 is 15.8 Å². The van der Waals surface area contributed by atoms with Gasteiger partial charge < -0.3 is 20.4 Å². The van der Waals surface area contributed by atoms with Crippen LogP contribution in [-0.4, -0.2) is 25.4 Å². The molecule has 0 radical (unpaired) electrons. The lowest BCUT2D eigenvalue weighted by molar-refractivity contribution is -0.111. The van der Waals surface area contributed by atoms with Crippen LogP contribution in [-0.2, 0) is 11.8 Å². The third kappa shape index (κ3) is 4.52. The van der Waals surface area contributed by atoms with E-state index in [4.69, 9.17) is 10.5 Å². The van der Waals surface area contributed by atoms with E-state index in [0.717, 1.165) is 50.4 Å². The summed E-state index contributed by atoms with van der Waals surface area (Å²) < 4.78 is 7.96. The predicted octanol–water partition coefficient (Wildman–Crippen LogP) is 5.81. The Kier molecular flexibility index (Phi) is 6.15. The molecule has 0 saturated heterocycles. The third-order valence-electron chi connectivity index (χ3n) is 6.17. The second-order valence-electron chi connectivity index (χ2n) is 8.71. The van der Waals surface area contributed by atoms with Gasteiger partial charge in [0.25, 0.3) is 0 Å². The van der Waals surface area contributed by atoms with Crippen LogP contribution in [0.25, 0.3) is 33.4 Å². The Bertz CT molecular complexity index is 1650. The summed E-state index contributed by atoms with van der Waals surface area (Å²) in [6, 6.07) is 19.3. The van der Waals surface area contributed by atoms with Crippen LogP contribution in [0.15, 0.2) is 79.6 Å². The molecule has 0 bridgehead atoms. The van der Waals surface area contributed by atoms with Crippen LogP contribution in [0.1, 0.15) is 11.3 Å². The number of carbonyl (C=O) groups is 1.